The van der Waals surface area contributed by atoms with Crippen molar-refractivity contribution in [2.75, 3.05) is 32.3 Å². The lowest BCUT2D eigenvalue weighted by Crippen LogP contribution is -2.70. The lowest BCUT2D eigenvalue weighted by molar-refractivity contribution is -0.256. The molecule has 1 fully saturated rings. The van der Waals surface area contributed by atoms with Gasteiger partial charge in [-0.05, 0) is 104 Å². The Balaban J connectivity index is 1.43. The summed E-state index contributed by atoms with van der Waals surface area (Å²) in [5.74, 6) is -1.54. The fourth-order valence-electron chi connectivity index (χ4n) is 9.94. The van der Waals surface area contributed by atoms with Gasteiger partial charge in [0.15, 0.2) is 0 Å². The summed E-state index contributed by atoms with van der Waals surface area (Å²) in [5.41, 5.74) is 3.54. The zero-order chi connectivity index (χ0) is 46.7. The summed E-state index contributed by atoms with van der Waals surface area (Å²) in [6.07, 6.45) is 7.26. The largest absolute Gasteiger partial charge is 0.459 e. The number of fused-ring (bicyclic) bond motifs is 3. The van der Waals surface area contributed by atoms with Gasteiger partial charge in [-0.15, -0.1) is 18.2 Å². The number of carbonyl (C=O) groups excluding carboxylic acids is 2. The van der Waals surface area contributed by atoms with Gasteiger partial charge in [0.2, 0.25) is 5.79 Å². The molecule has 13 heteroatoms. The van der Waals surface area contributed by atoms with Gasteiger partial charge in [0.1, 0.15) is 29.7 Å². The first kappa shape index (κ1) is 48.5. The highest BCUT2D eigenvalue weighted by molar-refractivity contribution is 6.18. The second kappa shape index (κ2) is 22.4. The van der Waals surface area contributed by atoms with Gasteiger partial charge in [0.25, 0.3) is 0 Å². The number of nitrogens with zero attached hydrogens (tertiary/aromatic N) is 2. The number of hydrogen-bond acceptors (Lipinski definition) is 10. The van der Waals surface area contributed by atoms with Crippen molar-refractivity contribution in [2.24, 2.45) is 22.9 Å². The van der Waals surface area contributed by atoms with Gasteiger partial charge in [-0.2, -0.15) is 0 Å². The summed E-state index contributed by atoms with van der Waals surface area (Å²) in [7, 11) is 0. The highest BCUT2D eigenvalue weighted by Crippen LogP contribution is 2.62. The molecule has 66 heavy (non-hydrogen) atoms. The number of aliphatic hydroxyl groups is 2. The predicted octanol–water partition coefficient (Wildman–Crippen LogP) is 10.4. The molecular weight excluding hydrogens is 858 g/mol. The molecule has 4 aromatic carbocycles. The second-order valence-electron chi connectivity index (χ2n) is 18.3. The van der Waals surface area contributed by atoms with E-state index in [0.717, 1.165) is 58.7 Å². The molecule has 2 amide bonds. The number of nitrogens with one attached hydrogen (secondary N) is 1. The van der Waals surface area contributed by atoms with E-state index >= 15 is 0 Å². The number of hydrogen-bond donors (Lipinski definition) is 3. The standard InChI is InChI=1S/C53H64ClN3O9/c1-5-29-63-53-47(57(51(61)62-30-26-54)35-39-21-15-20-37-18-9-10-22-41(37)39)33-45(56-66-52(2,3)4)43-31-38(19-11-13-27-58)42(23-12-14-28-59)48(49(43)53)44-32-40(24-25-46(44)65-53)64-50(60)55-34-36-16-7-6-8-17-36/h5-10,15-18,20-22,24-25,31-32,38,42,47-49,58-59H,1,11-14,19,23,26-30,33-35H2,2-4H3,(H,55,60)/t38-,42+,47-,48+,49+,53+/m0/s1. The van der Waals surface area contributed by atoms with Crippen LogP contribution in [0.2, 0.25) is 0 Å². The molecule has 1 aliphatic heterocycles. The first-order chi connectivity index (χ1) is 32.0. The third-order valence-corrected chi connectivity index (χ3v) is 12.9. The number of ether oxygens (including phenoxy) is 4. The first-order valence-electron chi connectivity index (χ1n) is 23.2. The average molecular weight is 923 g/mol. The lowest BCUT2D eigenvalue weighted by Gasteiger charge is -2.60. The van der Waals surface area contributed by atoms with Crippen LogP contribution in [0.4, 0.5) is 9.59 Å². The maximum absolute atomic E-state index is 14.8. The molecule has 7 rings (SSSR count). The monoisotopic (exact) mass is 921 g/mol. The molecule has 3 N–H and O–H groups in total. The van der Waals surface area contributed by atoms with Crippen molar-refractivity contribution in [3.8, 4) is 11.5 Å². The normalized spacial score (nSPS) is 22.6. The minimum Gasteiger partial charge on any atom is -0.459 e. The van der Waals surface area contributed by atoms with E-state index in [1.54, 1.807) is 17.0 Å². The van der Waals surface area contributed by atoms with Crippen molar-refractivity contribution in [1.29, 1.82) is 0 Å². The summed E-state index contributed by atoms with van der Waals surface area (Å²) in [6.45, 7) is 10.5. The van der Waals surface area contributed by atoms with Crippen LogP contribution in [0.3, 0.4) is 0 Å². The molecule has 0 radical (unpaired) electrons. The third kappa shape index (κ3) is 11.2. The molecule has 6 atom stereocenters. The quantitative estimate of drug-likeness (QED) is 0.0341. The SMILES string of the molecule is C=CCO[C@@]12Oc3ccc(OC(=O)NCc4ccccc4)cc3[C@H]3[C@H](CCCCO)[C@@H](CCCCO)C=C(C(=NOC(C)(C)C)C[C@@H]1N(Cc1cccc4ccccc14)C(=O)OCCCl)[C@H]32. The number of halogens is 1. The zero-order valence-corrected chi connectivity index (χ0v) is 39.1. The zero-order valence-electron chi connectivity index (χ0n) is 38.3. The Hall–Kier alpha value is -5.40. The molecule has 352 valence electrons. The van der Waals surface area contributed by atoms with Crippen molar-refractivity contribution in [3.63, 3.8) is 0 Å². The number of benzene rings is 4. The number of amides is 2. The van der Waals surface area contributed by atoms with Gasteiger partial charge in [-0.3, -0.25) is 4.90 Å². The van der Waals surface area contributed by atoms with Crippen LogP contribution < -0.4 is 14.8 Å². The van der Waals surface area contributed by atoms with Crippen LogP contribution in [0.1, 0.15) is 88.3 Å². The minimum absolute atomic E-state index is 0.00477. The Kier molecular flexibility index (Phi) is 16.5. The maximum Gasteiger partial charge on any atom is 0.412 e. The minimum atomic E-state index is -1.54. The highest BCUT2D eigenvalue weighted by Gasteiger charge is 2.66. The topological polar surface area (TPSA) is 148 Å². The van der Waals surface area contributed by atoms with E-state index in [1.165, 1.54) is 0 Å². The van der Waals surface area contributed by atoms with Gasteiger partial charge in [-0.1, -0.05) is 103 Å². The van der Waals surface area contributed by atoms with Crippen LogP contribution in [0.15, 0.2) is 120 Å². The second-order valence-corrected chi connectivity index (χ2v) is 18.7. The van der Waals surface area contributed by atoms with Gasteiger partial charge in [0, 0.05) is 37.7 Å². The van der Waals surface area contributed by atoms with Crippen LogP contribution in [0, 0.1) is 17.8 Å². The molecule has 0 bridgehead atoms. The molecule has 0 saturated heterocycles. The Morgan fingerprint density at radius 3 is 2.45 bits per heavy atom. The number of oxime groups is 1. The average Bonchev–Trinajstić information content (AvgIpc) is 3.31. The highest BCUT2D eigenvalue weighted by atomic mass is 35.5. The Morgan fingerprint density at radius 1 is 0.970 bits per heavy atom. The molecule has 1 saturated carbocycles. The van der Waals surface area contributed by atoms with E-state index in [4.69, 9.17) is 40.5 Å². The van der Waals surface area contributed by atoms with Crippen LogP contribution in [0.5, 0.6) is 11.5 Å². The summed E-state index contributed by atoms with van der Waals surface area (Å²) < 4.78 is 26.4. The smallest absolute Gasteiger partial charge is 0.412 e. The summed E-state index contributed by atoms with van der Waals surface area (Å²) in [4.78, 5) is 36.1. The summed E-state index contributed by atoms with van der Waals surface area (Å²) in [5, 5.41) is 29.8. The number of carbonyl (C=O) groups is 2. The Bertz CT molecular complexity index is 2340. The van der Waals surface area contributed by atoms with Crippen molar-refractivity contribution in [2.45, 2.75) is 102 Å². The fourth-order valence-corrected chi connectivity index (χ4v) is 10.0. The first-order valence-corrected chi connectivity index (χ1v) is 23.8. The third-order valence-electron chi connectivity index (χ3n) is 12.7. The maximum atomic E-state index is 14.8. The molecule has 1 heterocycles. The van der Waals surface area contributed by atoms with Crippen LogP contribution in [-0.2, 0) is 27.4 Å². The van der Waals surface area contributed by atoms with E-state index in [1.807, 2.05) is 106 Å². The predicted molar refractivity (Wildman–Crippen MR) is 257 cm³/mol. The molecule has 3 aliphatic rings. The van der Waals surface area contributed by atoms with Crippen LogP contribution >= 0.6 is 11.6 Å². The number of allylic oxidation sites excluding steroid dienone is 1. The lowest BCUT2D eigenvalue weighted by atomic mass is 9.55. The van der Waals surface area contributed by atoms with Gasteiger partial charge < -0.3 is 39.3 Å². The number of aliphatic hydroxyl groups excluding tert-OH is 2. The van der Waals surface area contributed by atoms with E-state index in [2.05, 4.69) is 18.0 Å². The van der Waals surface area contributed by atoms with Gasteiger partial charge in [0.05, 0.1) is 30.7 Å². The van der Waals surface area contributed by atoms with Crippen molar-refractivity contribution in [3.05, 3.63) is 132 Å². The molecule has 4 aromatic rings. The van der Waals surface area contributed by atoms with Crippen molar-refractivity contribution < 1.29 is 43.6 Å². The molecule has 0 unspecified atom stereocenters. The van der Waals surface area contributed by atoms with Crippen LogP contribution in [-0.4, -0.2) is 82.7 Å². The van der Waals surface area contributed by atoms with E-state index in [0.29, 0.717) is 36.6 Å². The van der Waals surface area contributed by atoms with Gasteiger partial charge in [-0.25, -0.2) is 9.59 Å². The molecular formula is C53H64ClN3O9. The Morgan fingerprint density at radius 2 is 1.71 bits per heavy atom. The van der Waals surface area contributed by atoms with Crippen LogP contribution in [0.25, 0.3) is 10.8 Å². The Labute approximate surface area is 393 Å². The number of rotatable bonds is 20. The van der Waals surface area contributed by atoms with Gasteiger partial charge >= 0.3 is 12.2 Å². The van der Waals surface area contributed by atoms with Crippen molar-refractivity contribution >= 4 is 40.3 Å². The number of unbranched alkanes of at least 4 members (excludes halogenated alkanes) is 2. The summed E-state index contributed by atoms with van der Waals surface area (Å²) in [6, 6.07) is 28.3. The number of alkyl halides is 1. The van der Waals surface area contributed by atoms with E-state index in [9.17, 15) is 19.8 Å². The molecule has 12 nitrogen and oxygen atoms in total. The molecule has 2 aliphatic carbocycles. The van der Waals surface area contributed by atoms with Crippen molar-refractivity contribution in [1.82, 2.24) is 10.2 Å². The van der Waals surface area contributed by atoms with E-state index in [-0.39, 0.29) is 63.0 Å². The summed E-state index contributed by atoms with van der Waals surface area (Å²) >= 11 is 6.16. The fraction of sp³-hybridized carbons (Fsp3) is 0.453. The molecule has 0 aromatic heterocycles. The van der Waals surface area contributed by atoms with E-state index < -0.39 is 35.5 Å². The molecule has 0 spiro atoms.